The Kier molecular flexibility index (Phi) is 6.53. The first-order valence-electron chi connectivity index (χ1n) is 6.93. The molecule has 1 amide bonds. The fraction of sp³-hybridized carbons (Fsp3) is 0.533. The van der Waals surface area contributed by atoms with E-state index in [0.29, 0.717) is 6.54 Å². The molecule has 1 aromatic rings. The summed E-state index contributed by atoms with van der Waals surface area (Å²) in [5.74, 6) is -0.184. The van der Waals surface area contributed by atoms with E-state index in [2.05, 4.69) is 30.1 Å². The number of nitrogens with one attached hydrogen (secondary N) is 1. The zero-order valence-electron chi connectivity index (χ0n) is 12.1. The monoisotopic (exact) mass is 263 g/mol. The molecule has 1 aromatic carbocycles. The molecule has 0 aromatic heterocycles. The highest BCUT2D eigenvalue weighted by molar-refractivity contribution is 5.93. The molecule has 0 fully saturated rings. The minimum absolute atomic E-state index is 0.0190. The lowest BCUT2D eigenvalue weighted by Gasteiger charge is -2.20. The van der Waals surface area contributed by atoms with Crippen molar-refractivity contribution in [3.05, 3.63) is 29.8 Å². The molecular weight excluding hydrogens is 238 g/mol. The second-order valence-corrected chi connectivity index (χ2v) is 4.74. The molecule has 0 aliphatic rings. The average molecular weight is 263 g/mol. The van der Waals surface area contributed by atoms with Gasteiger partial charge in [-0.25, -0.2) is 0 Å². The van der Waals surface area contributed by atoms with Crippen LogP contribution in [-0.4, -0.2) is 30.4 Å². The van der Waals surface area contributed by atoms with Gasteiger partial charge in [0.25, 0.3) is 0 Å². The smallest absolute Gasteiger partial charge is 0.228 e. The number of para-hydroxylation sites is 1. The molecule has 0 saturated heterocycles. The Morgan fingerprint density at radius 1 is 1.32 bits per heavy atom. The zero-order valence-corrected chi connectivity index (χ0v) is 12.1. The Labute approximate surface area is 116 Å². The van der Waals surface area contributed by atoms with E-state index in [1.807, 2.05) is 25.1 Å². The average Bonchev–Trinajstić information content (AvgIpc) is 2.45. The van der Waals surface area contributed by atoms with Crippen LogP contribution >= 0.6 is 0 Å². The van der Waals surface area contributed by atoms with Gasteiger partial charge in [0.1, 0.15) is 0 Å². The molecule has 3 N–H and O–H groups in total. The third-order valence-electron chi connectivity index (χ3n) is 3.36. The van der Waals surface area contributed by atoms with Crippen LogP contribution in [0.2, 0.25) is 0 Å². The van der Waals surface area contributed by atoms with E-state index >= 15 is 0 Å². The fourth-order valence-corrected chi connectivity index (χ4v) is 1.83. The molecule has 106 valence electrons. The minimum atomic E-state index is -0.165. The summed E-state index contributed by atoms with van der Waals surface area (Å²) in [5.41, 5.74) is 7.55. The number of carbonyl (C=O) groups is 1. The van der Waals surface area contributed by atoms with Crippen LogP contribution in [0.1, 0.15) is 26.3 Å². The van der Waals surface area contributed by atoms with Gasteiger partial charge < -0.3 is 11.1 Å². The number of anilines is 1. The van der Waals surface area contributed by atoms with Crippen molar-refractivity contribution in [1.29, 1.82) is 0 Å². The zero-order chi connectivity index (χ0) is 14.3. The van der Waals surface area contributed by atoms with Crippen LogP contribution in [0, 0.1) is 5.92 Å². The number of nitrogens with two attached hydrogens (primary N) is 1. The van der Waals surface area contributed by atoms with Gasteiger partial charge in [-0.15, -0.1) is 0 Å². The van der Waals surface area contributed by atoms with Crippen LogP contribution in [0.25, 0.3) is 0 Å². The number of rotatable bonds is 7. The number of hydrogen-bond acceptors (Lipinski definition) is 3. The van der Waals surface area contributed by atoms with E-state index in [0.717, 1.165) is 30.9 Å². The van der Waals surface area contributed by atoms with E-state index in [1.165, 1.54) is 0 Å². The van der Waals surface area contributed by atoms with Crippen molar-refractivity contribution in [3.63, 3.8) is 0 Å². The summed E-state index contributed by atoms with van der Waals surface area (Å²) in [7, 11) is 0. The SMILES string of the molecule is CCN(CC)Cc1ccccc1NC(=O)C(C)CN. The Hall–Kier alpha value is -1.39. The molecule has 4 nitrogen and oxygen atoms in total. The summed E-state index contributed by atoms with van der Waals surface area (Å²) in [6.45, 7) is 9.32. The number of carbonyl (C=O) groups excluding carboxylic acids is 1. The predicted molar refractivity (Wildman–Crippen MR) is 79.9 cm³/mol. The molecule has 0 radical (unpaired) electrons. The topological polar surface area (TPSA) is 58.4 Å². The highest BCUT2D eigenvalue weighted by atomic mass is 16.1. The van der Waals surface area contributed by atoms with Gasteiger partial charge in [-0.1, -0.05) is 39.0 Å². The molecular formula is C15H25N3O. The predicted octanol–water partition coefficient (Wildman–Crippen LogP) is 2.06. The lowest BCUT2D eigenvalue weighted by molar-refractivity contribution is -0.119. The molecule has 0 bridgehead atoms. The van der Waals surface area contributed by atoms with Gasteiger partial charge in [0.05, 0.1) is 0 Å². The Morgan fingerprint density at radius 3 is 2.53 bits per heavy atom. The Balaban J connectivity index is 2.81. The molecule has 0 heterocycles. The molecule has 4 heteroatoms. The lowest BCUT2D eigenvalue weighted by Crippen LogP contribution is -2.28. The Bertz CT molecular complexity index is 402. The van der Waals surface area contributed by atoms with Crippen LogP contribution in [0.3, 0.4) is 0 Å². The molecule has 0 spiro atoms. The van der Waals surface area contributed by atoms with Crippen LogP contribution in [0.5, 0.6) is 0 Å². The summed E-state index contributed by atoms with van der Waals surface area (Å²) in [5, 5.41) is 2.97. The van der Waals surface area contributed by atoms with Crippen LogP contribution in [-0.2, 0) is 11.3 Å². The van der Waals surface area contributed by atoms with Crippen LogP contribution in [0.4, 0.5) is 5.69 Å². The fourth-order valence-electron chi connectivity index (χ4n) is 1.83. The third-order valence-corrected chi connectivity index (χ3v) is 3.36. The largest absolute Gasteiger partial charge is 0.330 e. The first-order chi connectivity index (χ1) is 9.12. The van der Waals surface area contributed by atoms with Crippen LogP contribution < -0.4 is 11.1 Å². The van der Waals surface area contributed by atoms with E-state index in [9.17, 15) is 4.79 Å². The Morgan fingerprint density at radius 2 is 1.95 bits per heavy atom. The number of benzene rings is 1. The maximum atomic E-state index is 11.9. The van der Waals surface area contributed by atoms with Gasteiger partial charge in [0.15, 0.2) is 0 Å². The normalized spacial score (nSPS) is 12.5. The summed E-state index contributed by atoms with van der Waals surface area (Å²) < 4.78 is 0. The van der Waals surface area contributed by atoms with Crippen LogP contribution in [0.15, 0.2) is 24.3 Å². The molecule has 0 aliphatic heterocycles. The standard InChI is InChI=1S/C15H25N3O/c1-4-18(5-2)11-13-8-6-7-9-14(13)17-15(19)12(3)10-16/h6-9,12H,4-5,10-11,16H2,1-3H3,(H,17,19). The second-order valence-electron chi connectivity index (χ2n) is 4.74. The van der Waals surface area contributed by atoms with E-state index < -0.39 is 0 Å². The molecule has 1 atom stereocenters. The summed E-state index contributed by atoms with van der Waals surface area (Å²) in [6.07, 6.45) is 0. The summed E-state index contributed by atoms with van der Waals surface area (Å²) >= 11 is 0. The van der Waals surface area contributed by atoms with Crippen molar-refractivity contribution in [3.8, 4) is 0 Å². The molecule has 19 heavy (non-hydrogen) atoms. The molecule has 1 rings (SSSR count). The van der Waals surface area contributed by atoms with Crippen molar-refractivity contribution < 1.29 is 4.79 Å². The summed E-state index contributed by atoms with van der Waals surface area (Å²) in [4.78, 5) is 14.2. The molecule has 1 unspecified atom stereocenters. The van der Waals surface area contributed by atoms with Crippen molar-refractivity contribution >= 4 is 11.6 Å². The molecule has 0 aliphatic carbocycles. The van der Waals surface area contributed by atoms with Gasteiger partial charge >= 0.3 is 0 Å². The van der Waals surface area contributed by atoms with Gasteiger partial charge in [-0.05, 0) is 24.7 Å². The van der Waals surface area contributed by atoms with Crippen molar-refractivity contribution in [1.82, 2.24) is 4.90 Å². The maximum absolute atomic E-state index is 11.9. The first-order valence-corrected chi connectivity index (χ1v) is 6.93. The minimum Gasteiger partial charge on any atom is -0.330 e. The highest BCUT2D eigenvalue weighted by Gasteiger charge is 2.13. The first kappa shape index (κ1) is 15.7. The third kappa shape index (κ3) is 4.65. The number of nitrogens with zero attached hydrogens (tertiary/aromatic N) is 1. The second kappa shape index (κ2) is 7.92. The maximum Gasteiger partial charge on any atom is 0.228 e. The lowest BCUT2D eigenvalue weighted by atomic mass is 10.1. The number of amides is 1. The van der Waals surface area contributed by atoms with Crippen molar-refractivity contribution in [2.75, 3.05) is 25.0 Å². The van der Waals surface area contributed by atoms with Gasteiger partial charge in [0.2, 0.25) is 5.91 Å². The van der Waals surface area contributed by atoms with E-state index in [-0.39, 0.29) is 11.8 Å². The number of hydrogen-bond donors (Lipinski definition) is 2. The van der Waals surface area contributed by atoms with E-state index in [1.54, 1.807) is 0 Å². The van der Waals surface area contributed by atoms with Gasteiger partial charge in [-0.2, -0.15) is 0 Å². The van der Waals surface area contributed by atoms with Gasteiger partial charge in [0, 0.05) is 24.7 Å². The quantitative estimate of drug-likeness (QED) is 0.791. The van der Waals surface area contributed by atoms with E-state index in [4.69, 9.17) is 5.73 Å². The summed E-state index contributed by atoms with van der Waals surface area (Å²) in [6, 6.07) is 7.94. The van der Waals surface area contributed by atoms with Gasteiger partial charge in [-0.3, -0.25) is 9.69 Å². The van der Waals surface area contributed by atoms with Crippen molar-refractivity contribution in [2.24, 2.45) is 11.7 Å². The van der Waals surface area contributed by atoms with Crippen molar-refractivity contribution in [2.45, 2.75) is 27.3 Å². The highest BCUT2D eigenvalue weighted by Crippen LogP contribution is 2.18. The molecule has 0 saturated carbocycles.